The number of ether oxygens (including phenoxy) is 1. The Labute approximate surface area is 117 Å². The predicted octanol–water partition coefficient (Wildman–Crippen LogP) is 3.22. The third kappa shape index (κ3) is 2.06. The first-order valence-corrected chi connectivity index (χ1v) is 8.52. The zero-order valence-corrected chi connectivity index (χ0v) is 12.4. The lowest BCUT2D eigenvalue weighted by atomic mass is 9.47. The van der Waals surface area contributed by atoms with Crippen LogP contribution in [0.2, 0.25) is 0 Å². The van der Waals surface area contributed by atoms with Gasteiger partial charge in [-0.1, -0.05) is 0 Å². The first kappa shape index (κ1) is 12.6. The van der Waals surface area contributed by atoms with Crippen molar-refractivity contribution in [1.82, 2.24) is 5.32 Å². The Morgan fingerprint density at radius 3 is 1.95 bits per heavy atom. The molecule has 5 fully saturated rings. The summed E-state index contributed by atoms with van der Waals surface area (Å²) in [5.74, 6) is 3.96. The van der Waals surface area contributed by atoms with Crippen LogP contribution in [0.3, 0.4) is 0 Å². The monoisotopic (exact) mass is 263 g/mol. The fourth-order valence-electron chi connectivity index (χ4n) is 6.62. The van der Waals surface area contributed by atoms with Crippen LogP contribution in [0, 0.1) is 29.1 Å². The zero-order valence-electron chi connectivity index (χ0n) is 12.4. The summed E-state index contributed by atoms with van der Waals surface area (Å²) in [6, 6.07) is 0. The SMILES string of the molecule is COC(C1CCNCC1)C12CC3CC(CC(C3)C1)C2. The van der Waals surface area contributed by atoms with Gasteiger partial charge in [0.05, 0.1) is 6.10 Å². The molecule has 2 heteroatoms. The smallest absolute Gasteiger partial charge is 0.0656 e. The molecular weight excluding hydrogens is 234 g/mol. The summed E-state index contributed by atoms with van der Waals surface area (Å²) in [7, 11) is 1.99. The lowest BCUT2D eigenvalue weighted by Crippen LogP contribution is -2.55. The summed E-state index contributed by atoms with van der Waals surface area (Å²) < 4.78 is 6.15. The van der Waals surface area contributed by atoms with Crippen molar-refractivity contribution in [3.8, 4) is 0 Å². The number of methoxy groups -OCH3 is 1. The molecule has 0 aromatic carbocycles. The minimum Gasteiger partial charge on any atom is -0.381 e. The van der Waals surface area contributed by atoms with Crippen LogP contribution in [0.5, 0.6) is 0 Å². The molecule has 0 amide bonds. The van der Waals surface area contributed by atoms with E-state index in [9.17, 15) is 0 Å². The first-order chi connectivity index (χ1) is 9.29. The second-order valence-electron chi connectivity index (χ2n) is 8.02. The zero-order chi connectivity index (χ0) is 12.9. The van der Waals surface area contributed by atoms with Crippen LogP contribution in [0.4, 0.5) is 0 Å². The lowest BCUT2D eigenvalue weighted by molar-refractivity contribution is -0.153. The number of nitrogens with one attached hydrogen (secondary N) is 1. The van der Waals surface area contributed by atoms with Gasteiger partial charge in [-0.05, 0) is 93.5 Å². The third-order valence-corrected chi connectivity index (χ3v) is 6.76. The lowest BCUT2D eigenvalue weighted by Gasteiger charge is -2.60. The van der Waals surface area contributed by atoms with E-state index in [0.29, 0.717) is 11.5 Å². The van der Waals surface area contributed by atoms with Crippen molar-refractivity contribution in [2.24, 2.45) is 29.1 Å². The molecule has 1 N–H and O–H groups in total. The van der Waals surface area contributed by atoms with Crippen molar-refractivity contribution in [3.05, 3.63) is 0 Å². The second kappa shape index (κ2) is 4.73. The molecule has 1 heterocycles. The van der Waals surface area contributed by atoms with Crippen LogP contribution in [-0.4, -0.2) is 26.3 Å². The summed E-state index contributed by atoms with van der Waals surface area (Å²) in [5.41, 5.74) is 0.575. The average molecular weight is 263 g/mol. The second-order valence-corrected chi connectivity index (χ2v) is 8.02. The molecule has 0 aromatic heterocycles. The van der Waals surface area contributed by atoms with E-state index >= 15 is 0 Å². The van der Waals surface area contributed by atoms with Gasteiger partial charge >= 0.3 is 0 Å². The maximum absolute atomic E-state index is 6.15. The van der Waals surface area contributed by atoms with Gasteiger partial charge in [0.15, 0.2) is 0 Å². The van der Waals surface area contributed by atoms with Crippen LogP contribution in [-0.2, 0) is 4.74 Å². The summed E-state index contributed by atoms with van der Waals surface area (Å²) >= 11 is 0. The highest BCUT2D eigenvalue weighted by Crippen LogP contribution is 2.62. The van der Waals surface area contributed by atoms with Gasteiger partial charge in [0.1, 0.15) is 0 Å². The quantitative estimate of drug-likeness (QED) is 0.844. The van der Waals surface area contributed by atoms with Gasteiger partial charge in [0.2, 0.25) is 0 Å². The number of rotatable bonds is 3. The molecule has 5 aliphatic rings. The number of hydrogen-bond donors (Lipinski definition) is 1. The fraction of sp³-hybridized carbons (Fsp3) is 1.00. The largest absolute Gasteiger partial charge is 0.381 e. The van der Waals surface area contributed by atoms with Crippen molar-refractivity contribution < 1.29 is 4.74 Å². The third-order valence-electron chi connectivity index (χ3n) is 6.76. The molecule has 0 aromatic rings. The van der Waals surface area contributed by atoms with Gasteiger partial charge in [-0.2, -0.15) is 0 Å². The molecule has 1 saturated heterocycles. The number of hydrogen-bond acceptors (Lipinski definition) is 2. The van der Waals surface area contributed by atoms with Crippen LogP contribution in [0.15, 0.2) is 0 Å². The molecule has 5 rings (SSSR count). The van der Waals surface area contributed by atoms with Gasteiger partial charge in [0.25, 0.3) is 0 Å². The molecule has 0 spiro atoms. The summed E-state index contributed by atoms with van der Waals surface area (Å²) in [6.07, 6.45) is 12.3. The van der Waals surface area contributed by atoms with Crippen molar-refractivity contribution in [1.29, 1.82) is 0 Å². The average Bonchev–Trinajstić information content (AvgIpc) is 2.38. The Balaban J connectivity index is 1.58. The fourth-order valence-corrected chi connectivity index (χ4v) is 6.62. The summed E-state index contributed by atoms with van der Waals surface area (Å²) in [4.78, 5) is 0. The van der Waals surface area contributed by atoms with Gasteiger partial charge < -0.3 is 10.1 Å². The Bertz CT molecular complexity index is 299. The molecule has 4 saturated carbocycles. The molecule has 108 valence electrons. The summed E-state index contributed by atoms with van der Waals surface area (Å²) in [6.45, 7) is 2.41. The minimum absolute atomic E-state index is 0.558. The van der Waals surface area contributed by atoms with E-state index in [1.165, 1.54) is 45.2 Å². The van der Waals surface area contributed by atoms with Crippen molar-refractivity contribution in [3.63, 3.8) is 0 Å². The van der Waals surface area contributed by atoms with Crippen LogP contribution < -0.4 is 5.32 Å². The van der Waals surface area contributed by atoms with Crippen molar-refractivity contribution >= 4 is 0 Å². The van der Waals surface area contributed by atoms with Gasteiger partial charge in [-0.25, -0.2) is 0 Å². The van der Waals surface area contributed by atoms with Gasteiger partial charge in [-0.15, -0.1) is 0 Å². The molecule has 19 heavy (non-hydrogen) atoms. The Morgan fingerprint density at radius 1 is 0.947 bits per heavy atom. The van der Waals surface area contributed by atoms with Gasteiger partial charge in [-0.3, -0.25) is 0 Å². The highest BCUT2D eigenvalue weighted by Gasteiger charge is 2.55. The maximum atomic E-state index is 6.15. The van der Waals surface area contributed by atoms with E-state index in [0.717, 1.165) is 23.7 Å². The Morgan fingerprint density at radius 2 is 1.47 bits per heavy atom. The Hall–Kier alpha value is -0.0800. The van der Waals surface area contributed by atoms with E-state index in [4.69, 9.17) is 4.74 Å². The molecule has 2 nitrogen and oxygen atoms in total. The van der Waals surface area contributed by atoms with E-state index in [-0.39, 0.29) is 0 Å². The predicted molar refractivity (Wildman–Crippen MR) is 77.0 cm³/mol. The topological polar surface area (TPSA) is 21.3 Å². The van der Waals surface area contributed by atoms with Crippen molar-refractivity contribution in [2.45, 2.75) is 57.5 Å². The normalized spacial score (nSPS) is 47.5. The van der Waals surface area contributed by atoms with Crippen LogP contribution >= 0.6 is 0 Å². The maximum Gasteiger partial charge on any atom is 0.0656 e. The molecule has 0 radical (unpaired) electrons. The molecule has 1 unspecified atom stereocenters. The van der Waals surface area contributed by atoms with E-state index < -0.39 is 0 Å². The van der Waals surface area contributed by atoms with Crippen LogP contribution in [0.1, 0.15) is 51.4 Å². The van der Waals surface area contributed by atoms with E-state index in [2.05, 4.69) is 5.32 Å². The van der Waals surface area contributed by atoms with Crippen LogP contribution in [0.25, 0.3) is 0 Å². The van der Waals surface area contributed by atoms with Gasteiger partial charge in [0, 0.05) is 7.11 Å². The molecule has 4 aliphatic carbocycles. The highest BCUT2D eigenvalue weighted by atomic mass is 16.5. The Kier molecular flexibility index (Phi) is 3.15. The highest BCUT2D eigenvalue weighted by molar-refractivity contribution is 5.06. The molecule has 1 aliphatic heterocycles. The minimum atomic E-state index is 0.558. The van der Waals surface area contributed by atoms with Crippen molar-refractivity contribution in [2.75, 3.05) is 20.2 Å². The van der Waals surface area contributed by atoms with E-state index in [1.54, 1.807) is 19.3 Å². The standard InChI is InChI=1S/C17H29NO/c1-19-16(15-2-4-18-5-3-15)17-9-12-6-13(10-17)8-14(7-12)11-17/h12-16,18H,2-11H2,1H3. The number of piperidine rings is 1. The summed E-state index contributed by atoms with van der Waals surface area (Å²) in [5, 5.41) is 3.51. The molecule has 1 atom stereocenters. The molecular formula is C17H29NO. The van der Waals surface area contributed by atoms with E-state index in [1.807, 2.05) is 7.11 Å². The molecule has 4 bridgehead atoms. The first-order valence-electron chi connectivity index (χ1n) is 8.52.